The summed E-state index contributed by atoms with van der Waals surface area (Å²) in [6, 6.07) is 5.04. The minimum atomic E-state index is -0.324. The lowest BCUT2D eigenvalue weighted by Gasteiger charge is -2.17. The Morgan fingerprint density at radius 1 is 1.29 bits per heavy atom. The summed E-state index contributed by atoms with van der Waals surface area (Å²) in [6.45, 7) is 4.70. The molecule has 1 N–H and O–H groups in total. The van der Waals surface area contributed by atoms with Gasteiger partial charge in [0, 0.05) is 12.4 Å². The summed E-state index contributed by atoms with van der Waals surface area (Å²) in [4.78, 5) is 8.68. The average molecular weight is 289 g/mol. The molecule has 1 aromatic heterocycles. The lowest BCUT2D eigenvalue weighted by Crippen LogP contribution is -2.25. The minimum Gasteiger partial charge on any atom is -0.494 e. The van der Waals surface area contributed by atoms with Gasteiger partial charge < -0.3 is 10.1 Å². The van der Waals surface area contributed by atoms with Crippen molar-refractivity contribution in [3.8, 4) is 5.75 Å². The van der Waals surface area contributed by atoms with Gasteiger partial charge in [0.2, 0.25) is 0 Å². The molecule has 1 aromatic carbocycles. The Morgan fingerprint density at radius 3 is 2.62 bits per heavy atom. The maximum Gasteiger partial charge on any atom is 0.168 e. The lowest BCUT2D eigenvalue weighted by atomic mass is 10.0. The summed E-state index contributed by atoms with van der Waals surface area (Å²) in [7, 11) is 1.47. The van der Waals surface area contributed by atoms with Crippen LogP contribution in [0.1, 0.15) is 29.9 Å². The zero-order valence-electron chi connectivity index (χ0n) is 12.6. The van der Waals surface area contributed by atoms with E-state index in [9.17, 15) is 4.39 Å². The number of hydrogen-bond donors (Lipinski definition) is 1. The number of likely N-dealkylation sites (N-methyl/N-ethyl adjacent to an activating group) is 1. The fraction of sp³-hybridized carbons (Fsp3) is 0.375. The summed E-state index contributed by atoms with van der Waals surface area (Å²) in [5.74, 6) is 0.604. The number of hydrogen-bond acceptors (Lipinski definition) is 4. The van der Waals surface area contributed by atoms with Crippen molar-refractivity contribution in [3.63, 3.8) is 0 Å². The second-order valence-corrected chi connectivity index (χ2v) is 4.87. The molecule has 0 spiro atoms. The zero-order chi connectivity index (χ0) is 15.2. The first kappa shape index (κ1) is 15.4. The van der Waals surface area contributed by atoms with Crippen LogP contribution >= 0.6 is 0 Å². The van der Waals surface area contributed by atoms with Crippen LogP contribution in [0.25, 0.3) is 0 Å². The van der Waals surface area contributed by atoms with E-state index in [2.05, 4.69) is 15.3 Å². The molecule has 0 aliphatic carbocycles. The van der Waals surface area contributed by atoms with Gasteiger partial charge in [0.25, 0.3) is 0 Å². The average Bonchev–Trinajstić information content (AvgIpc) is 2.49. The third kappa shape index (κ3) is 3.76. The summed E-state index contributed by atoms with van der Waals surface area (Å²) in [5.41, 5.74) is 1.59. The van der Waals surface area contributed by atoms with Crippen molar-refractivity contribution < 1.29 is 9.13 Å². The predicted octanol–water partition coefficient (Wildman–Crippen LogP) is 2.83. The molecule has 0 saturated carbocycles. The van der Waals surface area contributed by atoms with Gasteiger partial charge >= 0.3 is 0 Å². The highest BCUT2D eigenvalue weighted by atomic mass is 19.1. The van der Waals surface area contributed by atoms with Crippen LogP contribution in [-0.4, -0.2) is 23.6 Å². The number of nitrogens with zero attached hydrogens (tertiary/aromatic N) is 2. The summed E-state index contributed by atoms with van der Waals surface area (Å²) >= 11 is 0. The minimum absolute atomic E-state index is 0.128. The van der Waals surface area contributed by atoms with Crippen LogP contribution in [0.4, 0.5) is 4.39 Å². The molecule has 1 unspecified atom stereocenters. The molecule has 0 bridgehead atoms. The lowest BCUT2D eigenvalue weighted by molar-refractivity contribution is 0.382. The van der Waals surface area contributed by atoms with E-state index in [1.165, 1.54) is 7.11 Å². The molecule has 0 fully saturated rings. The topological polar surface area (TPSA) is 47.0 Å². The first-order valence-corrected chi connectivity index (χ1v) is 6.99. The highest BCUT2D eigenvalue weighted by Gasteiger charge is 2.17. The van der Waals surface area contributed by atoms with Gasteiger partial charge in [-0.3, -0.25) is 0 Å². The Labute approximate surface area is 124 Å². The van der Waals surface area contributed by atoms with Gasteiger partial charge in [0.1, 0.15) is 5.82 Å². The second-order valence-electron chi connectivity index (χ2n) is 4.87. The Morgan fingerprint density at radius 2 is 2.00 bits per heavy atom. The maximum absolute atomic E-state index is 14.3. The Hall–Kier alpha value is -2.01. The first-order chi connectivity index (χ1) is 10.2. The number of methoxy groups -OCH3 is 1. The van der Waals surface area contributed by atoms with Crippen LogP contribution in [0, 0.1) is 12.7 Å². The highest BCUT2D eigenvalue weighted by molar-refractivity contribution is 5.32. The largest absolute Gasteiger partial charge is 0.494 e. The first-order valence-electron chi connectivity index (χ1n) is 6.99. The standard InChI is InChI=1S/C16H20FN3O/c1-4-18-13(16-19-9-11(2)10-20-16)8-12-6-5-7-14(21-3)15(12)17/h5-7,9-10,13,18H,4,8H2,1-3H3. The summed E-state index contributed by atoms with van der Waals surface area (Å²) < 4.78 is 19.3. The van der Waals surface area contributed by atoms with Crippen molar-refractivity contribution in [2.24, 2.45) is 0 Å². The van der Waals surface area contributed by atoms with E-state index in [0.717, 1.165) is 12.1 Å². The normalized spacial score (nSPS) is 12.2. The van der Waals surface area contributed by atoms with Gasteiger partial charge in [-0.05, 0) is 37.1 Å². The van der Waals surface area contributed by atoms with E-state index >= 15 is 0 Å². The number of aromatic nitrogens is 2. The van der Waals surface area contributed by atoms with Crippen molar-refractivity contribution >= 4 is 0 Å². The van der Waals surface area contributed by atoms with Crippen molar-refractivity contribution in [3.05, 3.63) is 53.4 Å². The third-order valence-electron chi connectivity index (χ3n) is 3.25. The molecule has 2 aromatic rings. The summed E-state index contributed by atoms with van der Waals surface area (Å²) in [6.07, 6.45) is 4.02. The van der Waals surface area contributed by atoms with Crippen LogP contribution in [-0.2, 0) is 6.42 Å². The van der Waals surface area contributed by atoms with E-state index in [1.807, 2.05) is 13.8 Å². The number of benzene rings is 1. The number of ether oxygens (including phenoxy) is 1. The van der Waals surface area contributed by atoms with E-state index in [4.69, 9.17) is 4.74 Å². The zero-order valence-corrected chi connectivity index (χ0v) is 12.6. The fourth-order valence-electron chi connectivity index (χ4n) is 2.18. The number of halogens is 1. The van der Waals surface area contributed by atoms with Crippen LogP contribution < -0.4 is 10.1 Å². The van der Waals surface area contributed by atoms with Gasteiger partial charge in [-0.1, -0.05) is 19.1 Å². The van der Waals surface area contributed by atoms with Crippen LogP contribution in [0.5, 0.6) is 5.75 Å². The number of rotatable bonds is 6. The van der Waals surface area contributed by atoms with Crippen molar-refractivity contribution in [2.45, 2.75) is 26.3 Å². The SMILES string of the molecule is CCNC(Cc1cccc(OC)c1F)c1ncc(C)cn1. The molecule has 0 saturated heterocycles. The van der Waals surface area contributed by atoms with Gasteiger partial charge in [-0.25, -0.2) is 14.4 Å². The van der Waals surface area contributed by atoms with Gasteiger partial charge in [-0.15, -0.1) is 0 Å². The fourth-order valence-corrected chi connectivity index (χ4v) is 2.18. The molecular formula is C16H20FN3O. The van der Waals surface area contributed by atoms with Crippen LogP contribution in [0.15, 0.2) is 30.6 Å². The number of aryl methyl sites for hydroxylation is 1. The number of nitrogens with one attached hydrogen (secondary N) is 1. The van der Waals surface area contributed by atoms with Gasteiger partial charge in [0.05, 0.1) is 13.2 Å². The van der Waals surface area contributed by atoms with E-state index < -0.39 is 0 Å². The van der Waals surface area contributed by atoms with E-state index in [-0.39, 0.29) is 17.6 Å². The summed E-state index contributed by atoms with van der Waals surface area (Å²) in [5, 5.41) is 3.30. The van der Waals surface area contributed by atoms with E-state index in [0.29, 0.717) is 17.8 Å². The van der Waals surface area contributed by atoms with Crippen molar-refractivity contribution in [1.29, 1.82) is 0 Å². The molecule has 21 heavy (non-hydrogen) atoms. The van der Waals surface area contributed by atoms with Crippen molar-refractivity contribution in [1.82, 2.24) is 15.3 Å². The molecule has 2 rings (SSSR count). The Bertz CT molecular complexity index is 587. The molecule has 112 valence electrons. The molecule has 1 heterocycles. The Kier molecular flexibility index (Phi) is 5.22. The second kappa shape index (κ2) is 7.13. The molecule has 5 heteroatoms. The molecular weight excluding hydrogens is 269 g/mol. The van der Waals surface area contributed by atoms with Crippen LogP contribution in [0.3, 0.4) is 0 Å². The predicted molar refractivity (Wildman–Crippen MR) is 79.8 cm³/mol. The molecule has 4 nitrogen and oxygen atoms in total. The third-order valence-corrected chi connectivity index (χ3v) is 3.25. The molecule has 0 amide bonds. The molecule has 0 aliphatic rings. The monoisotopic (exact) mass is 289 g/mol. The molecule has 0 radical (unpaired) electrons. The van der Waals surface area contributed by atoms with Gasteiger partial charge in [-0.2, -0.15) is 0 Å². The van der Waals surface area contributed by atoms with Gasteiger partial charge in [0.15, 0.2) is 11.6 Å². The Balaban J connectivity index is 2.26. The van der Waals surface area contributed by atoms with Crippen LogP contribution in [0.2, 0.25) is 0 Å². The van der Waals surface area contributed by atoms with E-state index in [1.54, 1.807) is 30.6 Å². The molecule has 0 aliphatic heterocycles. The smallest absolute Gasteiger partial charge is 0.168 e. The van der Waals surface area contributed by atoms with Crippen molar-refractivity contribution in [2.75, 3.05) is 13.7 Å². The molecule has 1 atom stereocenters. The highest BCUT2D eigenvalue weighted by Crippen LogP contribution is 2.24. The quantitative estimate of drug-likeness (QED) is 0.888. The maximum atomic E-state index is 14.3.